The van der Waals surface area contributed by atoms with E-state index >= 15 is 0 Å². The second-order valence-electron chi connectivity index (χ2n) is 7.63. The monoisotopic (exact) mass is 470 g/mol. The lowest BCUT2D eigenvalue weighted by Crippen LogP contribution is -2.14. The van der Waals surface area contributed by atoms with Gasteiger partial charge < -0.3 is 10.1 Å². The van der Waals surface area contributed by atoms with Crippen molar-refractivity contribution < 1.29 is 9.53 Å². The predicted octanol–water partition coefficient (Wildman–Crippen LogP) is 5.56. The number of anilines is 1. The third-order valence-corrected chi connectivity index (χ3v) is 8.40. The first-order valence-corrected chi connectivity index (χ1v) is 12.9. The summed E-state index contributed by atoms with van der Waals surface area (Å²) in [5.74, 6) is 1.73. The van der Waals surface area contributed by atoms with E-state index in [0.29, 0.717) is 17.7 Å². The summed E-state index contributed by atoms with van der Waals surface area (Å²) in [6, 6.07) is 5.77. The molecule has 160 valence electrons. The lowest BCUT2D eigenvalue weighted by molar-refractivity contribution is -0.113. The van der Waals surface area contributed by atoms with E-state index in [0.717, 1.165) is 44.1 Å². The number of carbonyl (C=O) groups is 1. The molecule has 0 radical (unpaired) electrons. The lowest BCUT2D eigenvalue weighted by Gasteiger charge is -2.18. The van der Waals surface area contributed by atoms with Gasteiger partial charge >= 0.3 is 0 Å². The van der Waals surface area contributed by atoms with Crippen LogP contribution in [0, 0.1) is 5.92 Å². The zero-order valence-electron chi connectivity index (χ0n) is 17.3. The number of thioether (sulfide) groups is 1. The first-order chi connectivity index (χ1) is 15.1. The molecule has 3 heterocycles. The fourth-order valence-corrected chi connectivity index (χ4v) is 7.01. The van der Waals surface area contributed by atoms with Crippen molar-refractivity contribution in [2.45, 2.75) is 38.1 Å². The number of amides is 1. The van der Waals surface area contributed by atoms with Gasteiger partial charge in [-0.2, -0.15) is 0 Å². The van der Waals surface area contributed by atoms with E-state index in [-0.39, 0.29) is 11.7 Å². The van der Waals surface area contributed by atoms with E-state index < -0.39 is 0 Å². The van der Waals surface area contributed by atoms with Crippen molar-refractivity contribution in [3.63, 3.8) is 0 Å². The van der Waals surface area contributed by atoms with Crippen LogP contribution in [-0.2, 0) is 17.6 Å². The van der Waals surface area contributed by atoms with Crippen molar-refractivity contribution in [1.29, 1.82) is 0 Å². The normalized spacial score (nSPS) is 15.9. The smallest absolute Gasteiger partial charge is 0.236 e. The molecule has 4 aromatic rings. The maximum atomic E-state index is 12.6. The highest BCUT2D eigenvalue weighted by molar-refractivity contribution is 8.00. The van der Waals surface area contributed by atoms with Gasteiger partial charge in [-0.15, -0.1) is 11.3 Å². The Labute approximate surface area is 192 Å². The number of carbonyl (C=O) groups excluding carboxylic acids is 1. The molecular formula is C22H22N4O2S3. The molecular weight excluding hydrogens is 448 g/mol. The number of ether oxygens (including phenoxy) is 1. The van der Waals surface area contributed by atoms with Gasteiger partial charge in [0, 0.05) is 10.3 Å². The second-order valence-corrected chi connectivity index (χ2v) is 10.7. The lowest BCUT2D eigenvalue weighted by atomic mass is 9.89. The molecule has 0 saturated carbocycles. The van der Waals surface area contributed by atoms with Crippen LogP contribution in [-0.4, -0.2) is 33.2 Å². The Bertz CT molecular complexity index is 1270. The molecule has 0 unspecified atom stereocenters. The molecule has 0 bridgehead atoms. The Morgan fingerprint density at radius 3 is 3.10 bits per heavy atom. The highest BCUT2D eigenvalue weighted by atomic mass is 32.2. The molecule has 9 heteroatoms. The highest BCUT2D eigenvalue weighted by Gasteiger charge is 2.23. The van der Waals surface area contributed by atoms with E-state index in [4.69, 9.17) is 4.74 Å². The molecule has 0 aliphatic heterocycles. The third-order valence-electron chi connectivity index (χ3n) is 5.31. The van der Waals surface area contributed by atoms with E-state index in [9.17, 15) is 4.79 Å². The minimum absolute atomic E-state index is 0.0847. The molecule has 0 spiro atoms. The summed E-state index contributed by atoms with van der Waals surface area (Å²) in [6.07, 6.45) is 4.99. The molecule has 31 heavy (non-hydrogen) atoms. The quantitative estimate of drug-likeness (QED) is 0.294. The number of fused-ring (bicyclic) bond motifs is 4. The van der Waals surface area contributed by atoms with Crippen LogP contribution in [0.5, 0.6) is 5.75 Å². The van der Waals surface area contributed by atoms with Gasteiger partial charge in [-0.1, -0.05) is 30.0 Å². The number of thiophene rings is 1. The van der Waals surface area contributed by atoms with Gasteiger partial charge in [0.05, 0.1) is 22.6 Å². The maximum absolute atomic E-state index is 12.6. The fourth-order valence-electron chi connectivity index (χ4n) is 3.86. The van der Waals surface area contributed by atoms with Crippen LogP contribution in [0.1, 0.15) is 30.7 Å². The Hall–Kier alpha value is -2.23. The maximum Gasteiger partial charge on any atom is 0.236 e. The van der Waals surface area contributed by atoms with Crippen LogP contribution in [0.3, 0.4) is 0 Å². The SMILES string of the molecule is CCOc1ccc2nc(NC(=O)CSc3ncnc4sc5c(c34)CC[C@@H](C)C5)sc2c1. The van der Waals surface area contributed by atoms with Crippen molar-refractivity contribution in [2.24, 2.45) is 5.92 Å². The molecule has 1 aliphatic rings. The highest BCUT2D eigenvalue weighted by Crippen LogP contribution is 2.40. The summed E-state index contributed by atoms with van der Waals surface area (Å²) in [5, 5.41) is 5.58. The van der Waals surface area contributed by atoms with Crippen molar-refractivity contribution in [3.8, 4) is 5.75 Å². The Kier molecular flexibility index (Phi) is 5.81. The predicted molar refractivity (Wildman–Crippen MR) is 129 cm³/mol. The number of thiazole rings is 1. The van der Waals surface area contributed by atoms with Crippen LogP contribution >= 0.6 is 34.4 Å². The first-order valence-electron chi connectivity index (χ1n) is 10.3. The van der Waals surface area contributed by atoms with Crippen molar-refractivity contribution in [3.05, 3.63) is 35.0 Å². The standard InChI is InChI=1S/C22H22N4O2S3/c1-3-28-13-5-7-15-17(9-13)31-22(25-15)26-18(27)10-29-20-19-14-6-4-12(2)8-16(14)30-21(19)24-11-23-20/h5,7,9,11-12H,3-4,6,8,10H2,1-2H3,(H,25,26,27)/t12-/m1/s1. The number of hydrogen-bond donors (Lipinski definition) is 1. The van der Waals surface area contributed by atoms with Crippen LogP contribution in [0.2, 0.25) is 0 Å². The van der Waals surface area contributed by atoms with Crippen LogP contribution in [0.25, 0.3) is 20.4 Å². The number of hydrogen-bond acceptors (Lipinski definition) is 8. The molecule has 1 aliphatic carbocycles. The van der Waals surface area contributed by atoms with E-state index in [2.05, 4.69) is 27.2 Å². The first kappa shape index (κ1) is 20.7. The van der Waals surface area contributed by atoms with Crippen molar-refractivity contribution >= 4 is 65.9 Å². The fraction of sp³-hybridized carbons (Fsp3) is 0.364. The summed E-state index contributed by atoms with van der Waals surface area (Å²) in [6.45, 7) is 4.88. The number of aromatic nitrogens is 3. The molecule has 1 N–H and O–H groups in total. The Morgan fingerprint density at radius 1 is 1.32 bits per heavy atom. The zero-order chi connectivity index (χ0) is 21.4. The molecule has 0 fully saturated rings. The van der Waals surface area contributed by atoms with Crippen LogP contribution in [0.4, 0.5) is 5.13 Å². The number of nitrogens with zero attached hydrogens (tertiary/aromatic N) is 3. The largest absolute Gasteiger partial charge is 0.494 e. The van der Waals surface area contributed by atoms with E-state index in [1.54, 1.807) is 17.7 Å². The van der Waals surface area contributed by atoms with Crippen LogP contribution in [0.15, 0.2) is 29.6 Å². The van der Waals surface area contributed by atoms with Gasteiger partial charge in [0.2, 0.25) is 5.91 Å². The molecule has 1 atom stereocenters. The second kappa shape index (κ2) is 8.72. The summed E-state index contributed by atoms with van der Waals surface area (Å²) in [4.78, 5) is 28.6. The summed E-state index contributed by atoms with van der Waals surface area (Å²) < 4.78 is 6.53. The molecule has 6 nitrogen and oxygen atoms in total. The van der Waals surface area contributed by atoms with E-state index in [1.165, 1.54) is 40.0 Å². The minimum atomic E-state index is -0.0847. The van der Waals surface area contributed by atoms with Crippen molar-refractivity contribution in [2.75, 3.05) is 17.7 Å². The summed E-state index contributed by atoms with van der Waals surface area (Å²) in [7, 11) is 0. The molecule has 0 saturated heterocycles. The average Bonchev–Trinajstić information content (AvgIpc) is 3.32. The summed E-state index contributed by atoms with van der Waals surface area (Å²) >= 11 is 4.70. The topological polar surface area (TPSA) is 77.0 Å². The molecule has 1 amide bonds. The van der Waals surface area contributed by atoms with Crippen LogP contribution < -0.4 is 10.1 Å². The van der Waals surface area contributed by atoms with Gasteiger partial charge in [0.15, 0.2) is 5.13 Å². The van der Waals surface area contributed by atoms with Gasteiger partial charge in [-0.05, 0) is 55.9 Å². The van der Waals surface area contributed by atoms with Gasteiger partial charge in [-0.25, -0.2) is 15.0 Å². The molecule has 1 aromatic carbocycles. The average molecular weight is 471 g/mol. The summed E-state index contributed by atoms with van der Waals surface area (Å²) in [5.41, 5.74) is 2.24. The Balaban J connectivity index is 1.30. The number of nitrogens with one attached hydrogen (secondary N) is 1. The van der Waals surface area contributed by atoms with Gasteiger partial charge in [0.1, 0.15) is 21.9 Å². The number of aryl methyl sites for hydroxylation is 1. The molecule has 3 aromatic heterocycles. The third kappa shape index (κ3) is 4.26. The van der Waals surface area contributed by atoms with Gasteiger partial charge in [0.25, 0.3) is 0 Å². The van der Waals surface area contributed by atoms with E-state index in [1.807, 2.05) is 25.1 Å². The number of benzene rings is 1. The minimum Gasteiger partial charge on any atom is -0.494 e. The van der Waals surface area contributed by atoms with Crippen molar-refractivity contribution in [1.82, 2.24) is 15.0 Å². The van der Waals surface area contributed by atoms with Gasteiger partial charge in [-0.3, -0.25) is 4.79 Å². The Morgan fingerprint density at radius 2 is 2.23 bits per heavy atom. The molecule has 5 rings (SSSR count). The number of rotatable bonds is 6. The zero-order valence-corrected chi connectivity index (χ0v) is 19.8.